The quantitative estimate of drug-likeness (QED) is 0.823. The Labute approximate surface area is 152 Å². The number of para-hydroxylation sites is 2. The van der Waals surface area contributed by atoms with Gasteiger partial charge in [0.25, 0.3) is 0 Å². The Kier molecular flexibility index (Phi) is 6.72. The summed E-state index contributed by atoms with van der Waals surface area (Å²) in [6.45, 7) is 5.32. The standard InChI is InChI=1S/C20H23FN2O3/c1-14(2)26-19-7-5-4-6-18(19)22-20(25)13-23(15(3)24)12-16-8-10-17(21)11-9-16/h4-11,14H,12-13H2,1-3H3,(H,22,25). The van der Waals surface area contributed by atoms with E-state index in [1.165, 1.54) is 24.0 Å². The van der Waals surface area contributed by atoms with Gasteiger partial charge in [0.1, 0.15) is 18.1 Å². The first kappa shape index (κ1) is 19.4. The van der Waals surface area contributed by atoms with Gasteiger partial charge in [-0.1, -0.05) is 24.3 Å². The number of carbonyl (C=O) groups excluding carboxylic acids is 2. The molecule has 0 aromatic heterocycles. The van der Waals surface area contributed by atoms with Crippen LogP contribution >= 0.6 is 0 Å². The molecule has 2 rings (SSSR count). The summed E-state index contributed by atoms with van der Waals surface area (Å²) in [5, 5.41) is 2.78. The summed E-state index contributed by atoms with van der Waals surface area (Å²) in [7, 11) is 0. The van der Waals surface area contributed by atoms with E-state index in [1.54, 1.807) is 30.3 Å². The maximum absolute atomic E-state index is 13.0. The van der Waals surface area contributed by atoms with E-state index >= 15 is 0 Å². The number of halogens is 1. The van der Waals surface area contributed by atoms with Crippen molar-refractivity contribution in [2.75, 3.05) is 11.9 Å². The zero-order chi connectivity index (χ0) is 19.1. The summed E-state index contributed by atoms with van der Waals surface area (Å²) in [6.07, 6.45) is -0.0275. The molecule has 1 N–H and O–H groups in total. The minimum atomic E-state index is -0.345. The third-order valence-corrected chi connectivity index (χ3v) is 3.59. The number of anilines is 1. The maximum Gasteiger partial charge on any atom is 0.244 e. The third-order valence-electron chi connectivity index (χ3n) is 3.59. The molecule has 0 saturated carbocycles. The smallest absolute Gasteiger partial charge is 0.244 e. The molecule has 0 radical (unpaired) electrons. The van der Waals surface area contributed by atoms with E-state index in [0.29, 0.717) is 11.4 Å². The predicted molar refractivity (Wildman–Crippen MR) is 98.3 cm³/mol. The van der Waals surface area contributed by atoms with E-state index in [9.17, 15) is 14.0 Å². The fourth-order valence-corrected chi connectivity index (χ4v) is 2.38. The third kappa shape index (κ3) is 5.88. The van der Waals surface area contributed by atoms with Gasteiger partial charge in [0, 0.05) is 13.5 Å². The molecule has 0 saturated heterocycles. The lowest BCUT2D eigenvalue weighted by molar-refractivity contribution is -0.133. The van der Waals surface area contributed by atoms with Crippen molar-refractivity contribution in [3.05, 3.63) is 59.9 Å². The summed E-state index contributed by atoms with van der Waals surface area (Å²) in [6, 6.07) is 13.0. The SMILES string of the molecule is CC(=O)N(CC(=O)Nc1ccccc1OC(C)C)Cc1ccc(F)cc1. The van der Waals surface area contributed by atoms with Crippen molar-refractivity contribution in [3.63, 3.8) is 0 Å². The van der Waals surface area contributed by atoms with Crippen LogP contribution in [0, 0.1) is 5.82 Å². The summed E-state index contributed by atoms with van der Waals surface area (Å²) in [4.78, 5) is 25.6. The van der Waals surface area contributed by atoms with Crippen molar-refractivity contribution in [2.24, 2.45) is 0 Å². The minimum absolute atomic E-state index is 0.0275. The normalized spacial score (nSPS) is 10.5. The first-order valence-electron chi connectivity index (χ1n) is 8.40. The Bertz CT molecular complexity index is 760. The highest BCUT2D eigenvalue weighted by molar-refractivity contribution is 5.95. The Morgan fingerprint density at radius 1 is 1.12 bits per heavy atom. The molecule has 2 aromatic rings. The number of amides is 2. The zero-order valence-corrected chi connectivity index (χ0v) is 15.2. The summed E-state index contributed by atoms with van der Waals surface area (Å²) < 4.78 is 18.7. The van der Waals surface area contributed by atoms with Gasteiger partial charge in [-0.3, -0.25) is 9.59 Å². The predicted octanol–water partition coefficient (Wildman–Crippen LogP) is 3.60. The fourth-order valence-electron chi connectivity index (χ4n) is 2.38. The maximum atomic E-state index is 13.0. The molecule has 0 aliphatic rings. The molecule has 0 aliphatic carbocycles. The number of rotatable bonds is 7. The Morgan fingerprint density at radius 2 is 1.77 bits per heavy atom. The van der Waals surface area contributed by atoms with Crippen molar-refractivity contribution < 1.29 is 18.7 Å². The molecule has 26 heavy (non-hydrogen) atoms. The number of ether oxygens (including phenoxy) is 1. The molecular formula is C20H23FN2O3. The lowest BCUT2D eigenvalue weighted by Gasteiger charge is -2.21. The molecule has 0 atom stereocenters. The minimum Gasteiger partial charge on any atom is -0.489 e. The van der Waals surface area contributed by atoms with Crippen molar-refractivity contribution in [3.8, 4) is 5.75 Å². The van der Waals surface area contributed by atoms with E-state index in [1.807, 2.05) is 19.9 Å². The van der Waals surface area contributed by atoms with Gasteiger partial charge in [0.05, 0.1) is 11.8 Å². The van der Waals surface area contributed by atoms with Gasteiger partial charge in [-0.2, -0.15) is 0 Å². The highest BCUT2D eigenvalue weighted by Gasteiger charge is 2.16. The van der Waals surface area contributed by atoms with Gasteiger partial charge >= 0.3 is 0 Å². The Balaban J connectivity index is 2.04. The number of nitrogens with one attached hydrogen (secondary N) is 1. The van der Waals surface area contributed by atoms with Crippen LogP contribution in [0.25, 0.3) is 0 Å². The van der Waals surface area contributed by atoms with Gasteiger partial charge in [-0.05, 0) is 43.7 Å². The number of hydrogen-bond donors (Lipinski definition) is 1. The van der Waals surface area contributed by atoms with Crippen LogP contribution in [0.2, 0.25) is 0 Å². The van der Waals surface area contributed by atoms with Gasteiger partial charge < -0.3 is 15.0 Å². The summed E-state index contributed by atoms with van der Waals surface area (Å²) >= 11 is 0. The van der Waals surface area contributed by atoms with Crippen LogP contribution in [0.1, 0.15) is 26.3 Å². The van der Waals surface area contributed by atoms with Crippen LogP contribution in [-0.2, 0) is 16.1 Å². The van der Waals surface area contributed by atoms with Gasteiger partial charge in [-0.25, -0.2) is 4.39 Å². The fraction of sp³-hybridized carbons (Fsp3) is 0.300. The molecule has 5 nitrogen and oxygen atoms in total. The zero-order valence-electron chi connectivity index (χ0n) is 15.2. The van der Waals surface area contributed by atoms with Crippen molar-refractivity contribution >= 4 is 17.5 Å². The summed E-state index contributed by atoms with van der Waals surface area (Å²) in [5.41, 5.74) is 1.30. The number of nitrogens with zero attached hydrogens (tertiary/aromatic N) is 1. The lowest BCUT2D eigenvalue weighted by atomic mass is 10.2. The molecule has 0 fully saturated rings. The van der Waals surface area contributed by atoms with E-state index in [2.05, 4.69) is 5.32 Å². The second-order valence-corrected chi connectivity index (χ2v) is 6.21. The average Bonchev–Trinajstić information content (AvgIpc) is 2.57. The van der Waals surface area contributed by atoms with Crippen LogP contribution < -0.4 is 10.1 Å². The topological polar surface area (TPSA) is 58.6 Å². The lowest BCUT2D eigenvalue weighted by Crippen LogP contribution is -2.36. The molecule has 0 spiro atoms. The largest absolute Gasteiger partial charge is 0.489 e. The van der Waals surface area contributed by atoms with Crippen molar-refractivity contribution in [1.29, 1.82) is 0 Å². The van der Waals surface area contributed by atoms with Gasteiger partial charge in [0.15, 0.2) is 0 Å². The van der Waals surface area contributed by atoms with E-state index in [-0.39, 0.29) is 36.8 Å². The molecule has 0 heterocycles. The highest BCUT2D eigenvalue weighted by atomic mass is 19.1. The van der Waals surface area contributed by atoms with Gasteiger partial charge in [-0.15, -0.1) is 0 Å². The number of carbonyl (C=O) groups is 2. The second-order valence-electron chi connectivity index (χ2n) is 6.21. The highest BCUT2D eigenvalue weighted by Crippen LogP contribution is 2.24. The molecule has 2 aromatic carbocycles. The average molecular weight is 358 g/mol. The van der Waals surface area contributed by atoms with E-state index < -0.39 is 0 Å². The summed E-state index contributed by atoms with van der Waals surface area (Å²) in [5.74, 6) is -0.343. The number of benzene rings is 2. The van der Waals surface area contributed by atoms with Crippen LogP contribution in [0.15, 0.2) is 48.5 Å². The van der Waals surface area contributed by atoms with Crippen molar-refractivity contribution in [1.82, 2.24) is 4.90 Å². The van der Waals surface area contributed by atoms with Gasteiger partial charge in [0.2, 0.25) is 11.8 Å². The van der Waals surface area contributed by atoms with Crippen LogP contribution in [-0.4, -0.2) is 29.4 Å². The Morgan fingerprint density at radius 3 is 2.38 bits per heavy atom. The molecular weight excluding hydrogens is 335 g/mol. The van der Waals surface area contributed by atoms with Crippen LogP contribution in [0.3, 0.4) is 0 Å². The second kappa shape index (κ2) is 8.99. The monoisotopic (exact) mass is 358 g/mol. The van der Waals surface area contributed by atoms with Crippen molar-refractivity contribution in [2.45, 2.75) is 33.4 Å². The van der Waals surface area contributed by atoms with E-state index in [4.69, 9.17) is 4.74 Å². The molecule has 6 heteroatoms. The molecule has 0 aliphatic heterocycles. The van der Waals surface area contributed by atoms with E-state index in [0.717, 1.165) is 5.56 Å². The first-order valence-corrected chi connectivity index (χ1v) is 8.40. The Hall–Kier alpha value is -2.89. The first-order chi connectivity index (χ1) is 12.3. The van der Waals surface area contributed by atoms with Crippen LogP contribution in [0.4, 0.5) is 10.1 Å². The number of hydrogen-bond acceptors (Lipinski definition) is 3. The molecule has 138 valence electrons. The molecule has 0 unspecified atom stereocenters. The molecule has 2 amide bonds. The molecule has 0 bridgehead atoms. The van der Waals surface area contributed by atoms with Crippen LogP contribution in [0.5, 0.6) is 5.75 Å².